The first-order valence-electron chi connectivity index (χ1n) is 22.6. The van der Waals surface area contributed by atoms with Crippen molar-refractivity contribution in [3.63, 3.8) is 0 Å². The summed E-state index contributed by atoms with van der Waals surface area (Å²) < 4.78 is 41.2. The predicted octanol–water partition coefficient (Wildman–Crippen LogP) is 9.84. The summed E-state index contributed by atoms with van der Waals surface area (Å²) in [6.45, 7) is 0.680. The van der Waals surface area contributed by atoms with E-state index in [0.717, 1.165) is 33.4 Å². The van der Waals surface area contributed by atoms with Gasteiger partial charge in [-0.15, -0.1) is 0 Å². The zero-order valence-electron chi connectivity index (χ0n) is 37.5. The highest BCUT2D eigenvalue weighted by atomic mass is 16.9. The van der Waals surface area contributed by atoms with Gasteiger partial charge in [-0.05, 0) is 39.8 Å². The average molecular weight is 896 g/mol. The molecule has 5 unspecified atom stereocenters. The molecule has 1 aliphatic heterocycles. The van der Waals surface area contributed by atoms with E-state index in [0.29, 0.717) is 37.4 Å². The molecule has 67 heavy (non-hydrogen) atoms. The summed E-state index contributed by atoms with van der Waals surface area (Å²) in [7, 11) is 3.23. The number of imidazole rings is 1. The van der Waals surface area contributed by atoms with Gasteiger partial charge in [0.05, 0.1) is 52.0 Å². The Morgan fingerprint density at radius 3 is 1.70 bits per heavy atom. The lowest BCUT2D eigenvalue weighted by molar-refractivity contribution is -0.248. The molecule has 1 aliphatic carbocycles. The topological polar surface area (TPSA) is 111 Å². The Morgan fingerprint density at radius 1 is 0.657 bits per heavy atom. The second-order valence-corrected chi connectivity index (χ2v) is 16.8. The van der Waals surface area contributed by atoms with E-state index in [4.69, 9.17) is 48.2 Å². The van der Waals surface area contributed by atoms with Crippen LogP contribution in [0.1, 0.15) is 45.8 Å². The predicted molar refractivity (Wildman–Crippen MR) is 254 cm³/mol. The van der Waals surface area contributed by atoms with Crippen LogP contribution in [0.2, 0.25) is 0 Å². The summed E-state index contributed by atoms with van der Waals surface area (Å²) in [5.41, 5.74) is 4.82. The summed E-state index contributed by atoms with van der Waals surface area (Å²) in [4.78, 5) is 22.3. The monoisotopic (exact) mass is 895 g/mol. The molecule has 5 atom stereocenters. The fourth-order valence-electron chi connectivity index (χ4n) is 9.80. The lowest BCUT2D eigenvalue weighted by Crippen LogP contribution is -2.49. The van der Waals surface area contributed by atoms with Crippen molar-refractivity contribution in [1.82, 2.24) is 19.5 Å². The molecule has 6 aromatic carbocycles. The van der Waals surface area contributed by atoms with E-state index in [1.54, 1.807) is 25.6 Å². The molecule has 12 nitrogen and oxygen atoms in total. The Hall–Kier alpha value is -6.77. The smallest absolute Gasteiger partial charge is 0.272 e. The number of methoxy groups -OCH3 is 1. The van der Waals surface area contributed by atoms with Crippen LogP contribution in [0.15, 0.2) is 188 Å². The number of fused-ring (bicyclic) bond motifs is 1. The van der Waals surface area contributed by atoms with Crippen LogP contribution in [0.5, 0.6) is 5.88 Å². The van der Waals surface area contributed by atoms with Crippen molar-refractivity contribution < 1.29 is 33.3 Å². The molecule has 2 aromatic heterocycles. The zero-order valence-corrected chi connectivity index (χ0v) is 37.5. The van der Waals surface area contributed by atoms with Gasteiger partial charge in [0.1, 0.15) is 17.7 Å². The van der Waals surface area contributed by atoms with E-state index < -0.39 is 23.7 Å². The zero-order chi connectivity index (χ0) is 45.5. The number of rotatable bonds is 18. The van der Waals surface area contributed by atoms with Crippen molar-refractivity contribution >= 4 is 17.1 Å². The number of hydroxylamine groups is 1. The van der Waals surface area contributed by atoms with E-state index >= 15 is 0 Å². The number of nitrogens with zero attached hydrogens (tertiary/aromatic N) is 5. The molecular weight excluding hydrogens is 843 g/mol. The lowest BCUT2D eigenvalue weighted by Gasteiger charge is -2.43. The molecule has 0 amide bonds. The molecule has 3 heterocycles. The van der Waals surface area contributed by atoms with E-state index in [9.17, 15) is 0 Å². The van der Waals surface area contributed by atoms with Crippen LogP contribution in [0.25, 0.3) is 11.2 Å². The number of aromatic nitrogens is 4. The molecule has 0 radical (unpaired) electrons. The second-order valence-electron chi connectivity index (χ2n) is 16.8. The van der Waals surface area contributed by atoms with Crippen LogP contribution < -0.4 is 9.80 Å². The number of hydrogen-bond donors (Lipinski definition) is 0. The van der Waals surface area contributed by atoms with E-state index in [1.165, 1.54) is 0 Å². The van der Waals surface area contributed by atoms with E-state index in [1.807, 2.05) is 121 Å². The van der Waals surface area contributed by atoms with Gasteiger partial charge in [-0.3, -0.25) is 4.84 Å². The molecule has 0 N–H and O–H groups in total. The second kappa shape index (κ2) is 20.0. The normalized spacial score (nSPS) is 20.4. The average Bonchev–Trinajstić information content (AvgIpc) is 4.11. The van der Waals surface area contributed by atoms with Gasteiger partial charge in [0.25, 0.3) is 12.4 Å². The van der Waals surface area contributed by atoms with Crippen LogP contribution in [0.3, 0.4) is 0 Å². The van der Waals surface area contributed by atoms with Crippen LogP contribution in [-0.2, 0) is 53.9 Å². The van der Waals surface area contributed by atoms with Crippen molar-refractivity contribution in [2.45, 2.75) is 56.0 Å². The van der Waals surface area contributed by atoms with Crippen molar-refractivity contribution in [2.75, 3.05) is 32.5 Å². The molecule has 2 fully saturated rings. The SMILES string of the molecule is COC1OCC2(O1)C(COCc1ccccc1)C(OCc1ccccc1)CC2n1cnc2c(OCc3ccccc3)nc(N(OC)C(c3ccccc3)(c3ccccc3)c3ccccc3)nc21. The number of anilines is 1. The van der Waals surface area contributed by atoms with Gasteiger partial charge in [0.15, 0.2) is 11.2 Å². The minimum Gasteiger partial charge on any atom is -0.471 e. The Labute approximate surface area is 390 Å². The van der Waals surface area contributed by atoms with Gasteiger partial charge in [-0.25, -0.2) is 4.98 Å². The Balaban J connectivity index is 1.14. The maximum absolute atomic E-state index is 6.94. The standard InChI is InChI=1S/C55H53N5O7/c1-61-53-66-38-54(67-53)46(37-63-34-40-21-9-3-10-22-40)47(64-35-41-23-11-4-12-24-41)33-48(54)59-39-56-49-50(59)57-52(58-51(49)65-36-42-25-13-5-14-26-42)60(62-2)55(43-27-15-6-16-28-43,44-29-17-7-18-30-44)45-31-19-8-20-32-45/h3-32,39,46-48,53H,33-38H2,1-2H3. The molecule has 1 spiro atoms. The van der Waals surface area contributed by atoms with Crippen molar-refractivity contribution in [2.24, 2.45) is 5.92 Å². The first kappa shape index (κ1) is 44.1. The molecule has 2 aliphatic rings. The van der Waals surface area contributed by atoms with Gasteiger partial charge < -0.3 is 33.0 Å². The highest BCUT2D eigenvalue weighted by Crippen LogP contribution is 2.53. The molecule has 0 bridgehead atoms. The fourth-order valence-corrected chi connectivity index (χ4v) is 9.80. The number of hydrogen-bond acceptors (Lipinski definition) is 11. The minimum absolute atomic E-state index is 0.207. The van der Waals surface area contributed by atoms with E-state index in [-0.39, 0.29) is 37.1 Å². The molecule has 10 rings (SSSR count). The molecule has 8 aromatic rings. The minimum atomic E-state index is -1.09. The Kier molecular flexibility index (Phi) is 13.2. The van der Waals surface area contributed by atoms with Crippen molar-refractivity contribution in [3.8, 4) is 5.88 Å². The van der Waals surface area contributed by atoms with Gasteiger partial charge in [0, 0.05) is 13.0 Å². The first-order chi connectivity index (χ1) is 33.1. The van der Waals surface area contributed by atoms with Gasteiger partial charge >= 0.3 is 0 Å². The summed E-state index contributed by atoms with van der Waals surface area (Å²) >= 11 is 0. The van der Waals surface area contributed by atoms with Gasteiger partial charge in [-0.1, -0.05) is 182 Å². The third-order valence-corrected chi connectivity index (χ3v) is 12.9. The summed E-state index contributed by atoms with van der Waals surface area (Å²) in [6, 6.07) is 60.7. The summed E-state index contributed by atoms with van der Waals surface area (Å²) in [5.74, 6) is 0.245. The van der Waals surface area contributed by atoms with Crippen LogP contribution >= 0.6 is 0 Å². The molecule has 340 valence electrons. The quantitative estimate of drug-likeness (QED) is 0.0607. The summed E-state index contributed by atoms with van der Waals surface area (Å²) in [6.07, 6.45) is 1.99. The molecule has 12 heteroatoms. The highest BCUT2D eigenvalue weighted by Gasteiger charge is 2.62. The van der Waals surface area contributed by atoms with Gasteiger partial charge in [-0.2, -0.15) is 15.0 Å². The molecule has 1 saturated carbocycles. The van der Waals surface area contributed by atoms with Crippen LogP contribution in [0, 0.1) is 5.92 Å². The van der Waals surface area contributed by atoms with Crippen molar-refractivity contribution in [1.29, 1.82) is 0 Å². The molecular formula is C55H53N5O7. The molecule has 1 saturated heterocycles. The third kappa shape index (κ3) is 8.71. The maximum atomic E-state index is 6.94. The first-order valence-corrected chi connectivity index (χ1v) is 22.6. The van der Waals surface area contributed by atoms with Crippen molar-refractivity contribution in [3.05, 3.63) is 222 Å². The van der Waals surface area contributed by atoms with Gasteiger partial charge in [0.2, 0.25) is 5.88 Å². The number of ether oxygens (including phenoxy) is 6. The Morgan fingerprint density at radius 2 is 1.18 bits per heavy atom. The summed E-state index contributed by atoms with van der Waals surface area (Å²) in [5, 5.41) is 1.78. The maximum Gasteiger partial charge on any atom is 0.272 e. The number of benzene rings is 6. The third-order valence-electron chi connectivity index (χ3n) is 12.9. The largest absolute Gasteiger partial charge is 0.471 e. The van der Waals surface area contributed by atoms with Crippen LogP contribution in [-0.4, -0.2) is 65.1 Å². The lowest BCUT2D eigenvalue weighted by atomic mass is 9.76. The fraction of sp³-hybridized carbons (Fsp3) is 0.255. The Bertz CT molecular complexity index is 2710. The van der Waals surface area contributed by atoms with Crippen LogP contribution in [0.4, 0.5) is 5.95 Å². The highest BCUT2D eigenvalue weighted by molar-refractivity contribution is 5.78. The van der Waals surface area contributed by atoms with E-state index in [2.05, 4.69) is 65.2 Å².